The number of hydrogen-bond acceptors (Lipinski definition) is 2. The Kier molecular flexibility index (Phi) is 6.32. The van der Waals surface area contributed by atoms with Gasteiger partial charge >= 0.3 is 0 Å². The fraction of sp³-hybridized carbons (Fsp3) is 0.533. The number of hydrogen-bond donors (Lipinski definition) is 2. The average molecular weight is 284 g/mol. The molecule has 0 saturated carbocycles. The van der Waals surface area contributed by atoms with E-state index in [4.69, 9.17) is 11.6 Å². The summed E-state index contributed by atoms with van der Waals surface area (Å²) in [7, 11) is 0. The van der Waals surface area contributed by atoms with Crippen molar-refractivity contribution < 1.29 is 9.90 Å². The maximum atomic E-state index is 11.7. The highest BCUT2D eigenvalue weighted by atomic mass is 35.5. The maximum Gasteiger partial charge on any atom is 0.220 e. The molecule has 3 nitrogen and oxygen atoms in total. The topological polar surface area (TPSA) is 49.3 Å². The molecule has 0 heterocycles. The largest absolute Gasteiger partial charge is 0.387 e. The molecular formula is C15H22ClNO2. The molecule has 0 aromatic heterocycles. The lowest BCUT2D eigenvalue weighted by molar-refractivity contribution is -0.122. The summed E-state index contributed by atoms with van der Waals surface area (Å²) in [6.07, 6.45) is -0.207. The van der Waals surface area contributed by atoms with Crippen LogP contribution in [0.4, 0.5) is 0 Å². The van der Waals surface area contributed by atoms with Gasteiger partial charge in [0.15, 0.2) is 0 Å². The van der Waals surface area contributed by atoms with Crippen molar-refractivity contribution >= 4 is 17.5 Å². The fourth-order valence-corrected chi connectivity index (χ4v) is 1.74. The van der Waals surface area contributed by atoms with Gasteiger partial charge in [0.2, 0.25) is 5.91 Å². The minimum Gasteiger partial charge on any atom is -0.387 e. The number of halogens is 1. The van der Waals surface area contributed by atoms with E-state index in [1.807, 2.05) is 0 Å². The van der Waals surface area contributed by atoms with Crippen LogP contribution in [0.15, 0.2) is 24.3 Å². The SMILES string of the molecule is CC(C)C(C)CC(=O)NCC(O)c1ccc(Cl)cc1. The first-order valence-electron chi connectivity index (χ1n) is 6.60. The summed E-state index contributed by atoms with van der Waals surface area (Å²) in [6, 6.07) is 6.97. The lowest BCUT2D eigenvalue weighted by atomic mass is 9.94. The quantitative estimate of drug-likeness (QED) is 0.842. The smallest absolute Gasteiger partial charge is 0.220 e. The number of amides is 1. The van der Waals surface area contributed by atoms with Crippen molar-refractivity contribution in [2.24, 2.45) is 11.8 Å². The number of rotatable bonds is 6. The van der Waals surface area contributed by atoms with E-state index >= 15 is 0 Å². The minimum atomic E-state index is -0.699. The monoisotopic (exact) mass is 283 g/mol. The van der Waals surface area contributed by atoms with E-state index in [0.717, 1.165) is 5.56 Å². The highest BCUT2D eigenvalue weighted by Crippen LogP contribution is 2.16. The first-order chi connectivity index (χ1) is 8.90. The summed E-state index contributed by atoms with van der Waals surface area (Å²) in [6.45, 7) is 6.48. The van der Waals surface area contributed by atoms with Crippen LogP contribution in [0, 0.1) is 11.8 Å². The Hall–Kier alpha value is -1.06. The summed E-state index contributed by atoms with van der Waals surface area (Å²) >= 11 is 5.78. The summed E-state index contributed by atoms with van der Waals surface area (Å²) < 4.78 is 0. The molecule has 1 aromatic carbocycles. The van der Waals surface area contributed by atoms with Gasteiger partial charge in [-0.1, -0.05) is 44.5 Å². The van der Waals surface area contributed by atoms with E-state index < -0.39 is 6.10 Å². The van der Waals surface area contributed by atoms with Crippen LogP contribution in [0.25, 0.3) is 0 Å². The van der Waals surface area contributed by atoms with Gasteiger partial charge in [0, 0.05) is 18.0 Å². The maximum absolute atomic E-state index is 11.7. The minimum absolute atomic E-state index is 0.0192. The Morgan fingerprint density at radius 2 is 1.84 bits per heavy atom. The number of benzene rings is 1. The predicted octanol–water partition coefficient (Wildman–Crippen LogP) is 3.17. The molecule has 0 aliphatic heterocycles. The molecular weight excluding hydrogens is 262 g/mol. The average Bonchev–Trinajstić information content (AvgIpc) is 2.36. The van der Waals surface area contributed by atoms with Crippen molar-refractivity contribution in [2.75, 3.05) is 6.54 Å². The summed E-state index contributed by atoms with van der Waals surface area (Å²) in [5.41, 5.74) is 0.751. The van der Waals surface area contributed by atoms with Crippen LogP contribution in [-0.2, 0) is 4.79 Å². The van der Waals surface area contributed by atoms with E-state index in [0.29, 0.717) is 23.3 Å². The molecule has 1 amide bonds. The van der Waals surface area contributed by atoms with Crippen molar-refractivity contribution in [3.8, 4) is 0 Å². The van der Waals surface area contributed by atoms with Crippen LogP contribution in [-0.4, -0.2) is 17.6 Å². The van der Waals surface area contributed by atoms with Gasteiger partial charge in [-0.25, -0.2) is 0 Å². The van der Waals surface area contributed by atoms with Crippen molar-refractivity contribution in [1.29, 1.82) is 0 Å². The van der Waals surface area contributed by atoms with Crippen LogP contribution in [0.1, 0.15) is 38.9 Å². The second kappa shape index (κ2) is 7.51. The van der Waals surface area contributed by atoms with Crippen molar-refractivity contribution in [3.05, 3.63) is 34.9 Å². The standard InChI is InChI=1S/C15H22ClNO2/c1-10(2)11(3)8-15(19)17-9-14(18)12-4-6-13(16)7-5-12/h4-7,10-11,14,18H,8-9H2,1-3H3,(H,17,19). The first kappa shape index (κ1) is 16.0. The highest BCUT2D eigenvalue weighted by molar-refractivity contribution is 6.30. The third-order valence-corrected chi connectivity index (χ3v) is 3.64. The molecule has 4 heteroatoms. The molecule has 19 heavy (non-hydrogen) atoms. The molecule has 1 aromatic rings. The van der Waals surface area contributed by atoms with Gasteiger partial charge in [0.1, 0.15) is 0 Å². The van der Waals surface area contributed by atoms with Crippen LogP contribution in [0.2, 0.25) is 5.02 Å². The highest BCUT2D eigenvalue weighted by Gasteiger charge is 2.14. The molecule has 0 spiro atoms. The van der Waals surface area contributed by atoms with Gasteiger partial charge in [-0.05, 0) is 29.5 Å². The fourth-order valence-electron chi connectivity index (χ4n) is 1.61. The lowest BCUT2D eigenvalue weighted by Crippen LogP contribution is -2.30. The van der Waals surface area contributed by atoms with Gasteiger partial charge in [-0.3, -0.25) is 4.79 Å². The van der Waals surface area contributed by atoms with Gasteiger partial charge in [0.25, 0.3) is 0 Å². The molecule has 106 valence electrons. The Labute approximate surface area is 120 Å². The second-order valence-corrected chi connectivity index (χ2v) is 5.73. The Bertz CT molecular complexity index is 403. The zero-order chi connectivity index (χ0) is 14.4. The number of nitrogens with one attached hydrogen (secondary N) is 1. The van der Waals surface area contributed by atoms with E-state index in [1.54, 1.807) is 24.3 Å². The van der Waals surface area contributed by atoms with Gasteiger partial charge in [-0.15, -0.1) is 0 Å². The molecule has 1 rings (SSSR count). The predicted molar refractivity (Wildman–Crippen MR) is 78.0 cm³/mol. The Balaban J connectivity index is 2.39. The Morgan fingerprint density at radius 3 is 2.37 bits per heavy atom. The van der Waals surface area contributed by atoms with Crippen LogP contribution in [0.5, 0.6) is 0 Å². The molecule has 0 aliphatic rings. The first-order valence-corrected chi connectivity index (χ1v) is 6.98. The molecule has 2 atom stereocenters. The molecule has 2 unspecified atom stereocenters. The van der Waals surface area contributed by atoms with Crippen LogP contribution in [0.3, 0.4) is 0 Å². The number of aliphatic hydroxyl groups is 1. The second-order valence-electron chi connectivity index (χ2n) is 5.30. The van der Waals surface area contributed by atoms with E-state index in [9.17, 15) is 9.90 Å². The molecule has 2 N–H and O–H groups in total. The third kappa shape index (κ3) is 5.62. The zero-order valence-electron chi connectivity index (χ0n) is 11.7. The normalized spacial score (nSPS) is 14.2. The van der Waals surface area contributed by atoms with Gasteiger partial charge in [-0.2, -0.15) is 0 Å². The van der Waals surface area contributed by atoms with E-state index in [2.05, 4.69) is 26.1 Å². The lowest BCUT2D eigenvalue weighted by Gasteiger charge is -2.16. The molecule has 0 aliphatic carbocycles. The third-order valence-electron chi connectivity index (χ3n) is 3.39. The molecule has 0 saturated heterocycles. The molecule has 0 bridgehead atoms. The van der Waals surface area contributed by atoms with Gasteiger partial charge in [0.05, 0.1) is 6.10 Å². The van der Waals surface area contributed by atoms with Crippen LogP contribution >= 0.6 is 11.6 Å². The van der Waals surface area contributed by atoms with Gasteiger partial charge < -0.3 is 10.4 Å². The summed E-state index contributed by atoms with van der Waals surface area (Å²) in [5, 5.41) is 13.3. The van der Waals surface area contributed by atoms with Crippen molar-refractivity contribution in [2.45, 2.75) is 33.3 Å². The van der Waals surface area contributed by atoms with Crippen molar-refractivity contribution in [3.63, 3.8) is 0 Å². The van der Waals surface area contributed by atoms with Crippen molar-refractivity contribution in [1.82, 2.24) is 5.32 Å². The summed E-state index contributed by atoms with van der Waals surface area (Å²) in [4.78, 5) is 11.7. The summed E-state index contributed by atoms with van der Waals surface area (Å²) in [5.74, 6) is 0.800. The van der Waals surface area contributed by atoms with Crippen LogP contribution < -0.4 is 5.32 Å². The molecule has 0 radical (unpaired) electrons. The van der Waals surface area contributed by atoms with E-state index in [1.165, 1.54) is 0 Å². The zero-order valence-corrected chi connectivity index (χ0v) is 12.4. The van der Waals surface area contributed by atoms with E-state index in [-0.39, 0.29) is 12.5 Å². The Morgan fingerprint density at radius 1 is 1.26 bits per heavy atom. The number of aliphatic hydroxyl groups excluding tert-OH is 1. The number of carbonyl (C=O) groups is 1. The molecule has 0 fully saturated rings. The number of carbonyl (C=O) groups excluding carboxylic acids is 1.